The van der Waals surface area contributed by atoms with Crippen LogP contribution in [0.25, 0.3) is 11.4 Å². The number of hydrogen-bond acceptors (Lipinski definition) is 6. The number of para-hydroxylation sites is 1. The van der Waals surface area contributed by atoms with Crippen molar-refractivity contribution in [2.24, 2.45) is 11.7 Å². The first-order valence-electron chi connectivity index (χ1n) is 14.0. The molecule has 0 radical (unpaired) electrons. The Morgan fingerprint density at radius 3 is 2.20 bits per heavy atom. The fourth-order valence-electron chi connectivity index (χ4n) is 5.57. The zero-order chi connectivity index (χ0) is 28.9. The number of nitrogens with two attached hydrogens (primary N) is 1. The molecular formula is C32H36N4O4S. The highest BCUT2D eigenvalue weighted by Crippen LogP contribution is 2.46. The molecule has 2 aliphatic carbocycles. The highest BCUT2D eigenvalue weighted by Gasteiger charge is 2.44. The van der Waals surface area contributed by atoms with Crippen molar-refractivity contribution in [1.29, 1.82) is 0 Å². The van der Waals surface area contributed by atoms with Gasteiger partial charge in [0, 0.05) is 18.4 Å². The molecule has 0 spiro atoms. The van der Waals surface area contributed by atoms with Gasteiger partial charge in [0.2, 0.25) is 6.41 Å². The van der Waals surface area contributed by atoms with Gasteiger partial charge in [0.15, 0.2) is 27.1 Å². The van der Waals surface area contributed by atoms with E-state index < -0.39 is 15.4 Å². The minimum atomic E-state index is -3.34. The van der Waals surface area contributed by atoms with Crippen LogP contribution in [-0.4, -0.2) is 35.8 Å². The van der Waals surface area contributed by atoms with Crippen LogP contribution < -0.4 is 10.5 Å². The SMILES string of the molecule is CS(=O)(=O)c1cccc(-c2nc(C3(Oc4ccccc4)CCC(c4ccccc4)CC3)n(CC3CC3)n2)c1.NC=O. The van der Waals surface area contributed by atoms with Gasteiger partial charge in [-0.05, 0) is 80.2 Å². The number of primary amides is 1. The van der Waals surface area contributed by atoms with E-state index in [1.54, 1.807) is 18.2 Å². The van der Waals surface area contributed by atoms with Gasteiger partial charge in [-0.3, -0.25) is 4.79 Å². The van der Waals surface area contributed by atoms with Crippen LogP contribution in [0.1, 0.15) is 55.8 Å². The van der Waals surface area contributed by atoms with Crippen molar-refractivity contribution in [2.75, 3.05) is 6.26 Å². The molecule has 2 saturated carbocycles. The van der Waals surface area contributed by atoms with E-state index in [0.29, 0.717) is 23.2 Å². The molecule has 2 fully saturated rings. The van der Waals surface area contributed by atoms with Gasteiger partial charge in [-0.2, -0.15) is 5.10 Å². The van der Waals surface area contributed by atoms with Gasteiger partial charge in [-0.1, -0.05) is 60.7 Å². The second-order valence-corrected chi connectivity index (χ2v) is 12.9. The van der Waals surface area contributed by atoms with Crippen molar-refractivity contribution in [3.05, 3.63) is 96.3 Å². The van der Waals surface area contributed by atoms with Gasteiger partial charge in [0.05, 0.1) is 4.90 Å². The molecule has 2 N–H and O–H groups in total. The summed E-state index contributed by atoms with van der Waals surface area (Å²) in [6, 6.07) is 27.7. The Hall–Kier alpha value is -3.98. The minimum absolute atomic E-state index is 0.250. The summed E-state index contributed by atoms with van der Waals surface area (Å²) in [5.74, 6) is 3.30. The minimum Gasteiger partial charge on any atom is -0.479 e. The molecule has 4 aromatic rings. The normalized spacial score (nSPS) is 20.5. The van der Waals surface area contributed by atoms with E-state index in [2.05, 4.69) is 36.1 Å². The van der Waals surface area contributed by atoms with E-state index in [4.69, 9.17) is 19.6 Å². The summed E-state index contributed by atoms with van der Waals surface area (Å²) in [5, 5.41) is 4.95. The predicted octanol–water partition coefficient (Wildman–Crippen LogP) is 5.49. The maximum Gasteiger partial charge on any atom is 0.204 e. The van der Waals surface area contributed by atoms with E-state index in [9.17, 15) is 8.42 Å². The highest BCUT2D eigenvalue weighted by molar-refractivity contribution is 7.90. The number of aromatic nitrogens is 3. The van der Waals surface area contributed by atoms with Crippen molar-refractivity contribution >= 4 is 16.2 Å². The molecule has 6 rings (SSSR count). The molecule has 9 heteroatoms. The molecule has 3 aromatic carbocycles. The molecule has 0 saturated heterocycles. The van der Waals surface area contributed by atoms with Crippen molar-refractivity contribution in [3.63, 3.8) is 0 Å². The molecule has 2 aliphatic rings. The quantitative estimate of drug-likeness (QED) is 0.279. The number of benzene rings is 3. The molecule has 0 aliphatic heterocycles. The third-order valence-corrected chi connectivity index (χ3v) is 8.96. The first-order valence-corrected chi connectivity index (χ1v) is 15.9. The van der Waals surface area contributed by atoms with Gasteiger partial charge in [-0.25, -0.2) is 18.1 Å². The fourth-order valence-corrected chi connectivity index (χ4v) is 6.23. The summed E-state index contributed by atoms with van der Waals surface area (Å²) in [6.45, 7) is 0.802. The summed E-state index contributed by atoms with van der Waals surface area (Å²) >= 11 is 0. The number of hydrogen-bond donors (Lipinski definition) is 1. The number of sulfone groups is 1. The van der Waals surface area contributed by atoms with Gasteiger partial charge in [0.1, 0.15) is 5.75 Å². The molecule has 41 heavy (non-hydrogen) atoms. The Morgan fingerprint density at radius 2 is 1.59 bits per heavy atom. The lowest BCUT2D eigenvalue weighted by atomic mass is 9.75. The maximum absolute atomic E-state index is 12.2. The molecule has 1 heterocycles. The average molecular weight is 573 g/mol. The number of carbonyl (C=O) groups is 1. The van der Waals surface area contributed by atoms with Crippen LogP contribution in [0.3, 0.4) is 0 Å². The zero-order valence-corrected chi connectivity index (χ0v) is 24.0. The monoisotopic (exact) mass is 572 g/mol. The third kappa shape index (κ3) is 6.85. The maximum atomic E-state index is 12.2. The Bertz CT molecular complexity index is 1560. The highest BCUT2D eigenvalue weighted by atomic mass is 32.2. The van der Waals surface area contributed by atoms with Crippen LogP contribution in [0.4, 0.5) is 0 Å². The Labute approximate surface area is 241 Å². The smallest absolute Gasteiger partial charge is 0.204 e. The van der Waals surface area contributed by atoms with Crippen LogP contribution >= 0.6 is 0 Å². The summed E-state index contributed by atoms with van der Waals surface area (Å²) in [5.41, 5.74) is 5.64. The Balaban J connectivity index is 0.00000108. The first kappa shape index (κ1) is 28.5. The van der Waals surface area contributed by atoms with Crippen LogP contribution in [-0.2, 0) is 26.8 Å². The van der Waals surface area contributed by atoms with E-state index in [0.717, 1.165) is 43.8 Å². The van der Waals surface area contributed by atoms with E-state index in [1.807, 2.05) is 41.1 Å². The summed E-state index contributed by atoms with van der Waals surface area (Å²) in [4.78, 5) is 14.0. The molecule has 0 atom stereocenters. The fraction of sp³-hybridized carbons (Fsp3) is 0.344. The van der Waals surface area contributed by atoms with Crippen LogP contribution in [0, 0.1) is 5.92 Å². The summed E-state index contributed by atoms with van der Waals surface area (Å²) in [7, 11) is -3.34. The predicted molar refractivity (Wildman–Crippen MR) is 158 cm³/mol. The average Bonchev–Trinajstić information content (AvgIpc) is 3.70. The first-order chi connectivity index (χ1) is 19.8. The number of carbonyl (C=O) groups excluding carboxylic acids is 1. The molecule has 214 valence electrons. The molecule has 0 unspecified atom stereocenters. The topological polar surface area (TPSA) is 117 Å². The lowest BCUT2D eigenvalue weighted by Crippen LogP contribution is -2.40. The zero-order valence-electron chi connectivity index (χ0n) is 23.2. The van der Waals surface area contributed by atoms with Gasteiger partial charge < -0.3 is 10.5 Å². The molecule has 1 amide bonds. The third-order valence-electron chi connectivity index (χ3n) is 7.85. The molecular weight excluding hydrogens is 536 g/mol. The number of ether oxygens (including phenoxy) is 1. The Kier molecular flexibility index (Phi) is 8.54. The van der Waals surface area contributed by atoms with Crippen LogP contribution in [0.5, 0.6) is 5.75 Å². The standard InChI is InChI=1S/C31H33N3O3S.CH3NO/c1-38(35,36)28-14-8-11-26(21-28)29-32-30(34(33-29)22-23-15-16-23)31(37-27-12-6-3-7-13-27)19-17-25(18-20-31)24-9-4-2-5-10-24;2-1-3/h2-14,21,23,25H,15-20,22H2,1H3;1H,(H2,2,3). The van der Waals surface area contributed by atoms with Crippen molar-refractivity contribution < 1.29 is 17.9 Å². The van der Waals surface area contributed by atoms with E-state index in [-0.39, 0.29) is 11.3 Å². The van der Waals surface area contributed by atoms with E-state index in [1.165, 1.54) is 24.7 Å². The van der Waals surface area contributed by atoms with Crippen molar-refractivity contribution in [3.8, 4) is 17.1 Å². The molecule has 1 aromatic heterocycles. The largest absolute Gasteiger partial charge is 0.479 e. The lowest BCUT2D eigenvalue weighted by Gasteiger charge is -2.40. The van der Waals surface area contributed by atoms with Gasteiger partial charge in [-0.15, -0.1) is 0 Å². The summed E-state index contributed by atoms with van der Waals surface area (Å²) in [6.07, 6.45) is 7.51. The van der Waals surface area contributed by atoms with Gasteiger partial charge in [0.25, 0.3) is 0 Å². The molecule has 8 nitrogen and oxygen atoms in total. The van der Waals surface area contributed by atoms with Crippen LogP contribution in [0.15, 0.2) is 89.8 Å². The second-order valence-electron chi connectivity index (χ2n) is 10.9. The number of amides is 1. The number of nitrogens with zero attached hydrogens (tertiary/aromatic N) is 3. The second kappa shape index (κ2) is 12.3. The lowest BCUT2D eigenvalue weighted by molar-refractivity contribution is -0.106. The van der Waals surface area contributed by atoms with Crippen molar-refractivity contribution in [1.82, 2.24) is 14.8 Å². The number of rotatable bonds is 8. The van der Waals surface area contributed by atoms with Crippen LogP contribution in [0.2, 0.25) is 0 Å². The molecule has 0 bridgehead atoms. The summed E-state index contributed by atoms with van der Waals surface area (Å²) < 4.78 is 33.4. The van der Waals surface area contributed by atoms with Crippen molar-refractivity contribution in [2.45, 2.75) is 61.5 Å². The van der Waals surface area contributed by atoms with Gasteiger partial charge >= 0.3 is 0 Å². The Morgan fingerprint density at radius 1 is 0.951 bits per heavy atom. The van der Waals surface area contributed by atoms with E-state index >= 15 is 0 Å².